The lowest BCUT2D eigenvalue weighted by molar-refractivity contribution is 0.415. The van der Waals surface area contributed by atoms with E-state index in [1.807, 2.05) is 12.1 Å². The molecule has 0 amide bonds. The third-order valence-corrected chi connectivity index (χ3v) is 5.59. The van der Waals surface area contributed by atoms with Gasteiger partial charge in [0.05, 0.1) is 13.2 Å². The number of rotatable bonds is 4. The van der Waals surface area contributed by atoms with Crippen molar-refractivity contribution >= 4 is 11.4 Å². The van der Waals surface area contributed by atoms with Crippen molar-refractivity contribution in [2.45, 2.75) is 38.6 Å². The minimum absolute atomic E-state index is 0.342. The van der Waals surface area contributed by atoms with Crippen LogP contribution in [0.3, 0.4) is 0 Å². The van der Waals surface area contributed by atoms with Crippen molar-refractivity contribution < 1.29 is 4.74 Å². The van der Waals surface area contributed by atoms with Gasteiger partial charge in [-0.2, -0.15) is 0 Å². The maximum Gasteiger partial charge on any atom is 0.119 e. The molecule has 0 N–H and O–H groups in total. The van der Waals surface area contributed by atoms with Crippen LogP contribution in [-0.4, -0.2) is 7.11 Å². The second-order valence-corrected chi connectivity index (χ2v) is 7.57. The molecule has 0 fully saturated rings. The standard InChI is InChI=1S/C25H27NO/c1-18(2)19-8-10-21(11-9-19)25-17-12-20-6-4-5-7-24(20)26(25)22-13-15-23(27-3)16-14-22/h4-11,13-16,18,25H,12,17H2,1-3H3. The zero-order valence-corrected chi connectivity index (χ0v) is 16.4. The highest BCUT2D eigenvalue weighted by Gasteiger charge is 2.28. The third-order valence-electron chi connectivity index (χ3n) is 5.59. The van der Waals surface area contributed by atoms with Crippen LogP contribution in [0.1, 0.15) is 48.9 Å². The number of hydrogen-bond acceptors (Lipinski definition) is 2. The summed E-state index contributed by atoms with van der Waals surface area (Å²) in [7, 11) is 1.71. The van der Waals surface area contributed by atoms with E-state index in [1.54, 1.807) is 7.11 Å². The molecule has 0 aromatic heterocycles. The number of fused-ring (bicyclic) bond motifs is 1. The molecule has 27 heavy (non-hydrogen) atoms. The quantitative estimate of drug-likeness (QED) is 0.518. The van der Waals surface area contributed by atoms with E-state index in [-0.39, 0.29) is 0 Å². The van der Waals surface area contributed by atoms with Gasteiger partial charge in [0.25, 0.3) is 0 Å². The fourth-order valence-electron chi connectivity index (χ4n) is 4.03. The molecule has 0 radical (unpaired) electrons. The summed E-state index contributed by atoms with van der Waals surface area (Å²) in [5, 5.41) is 0. The predicted octanol–water partition coefficient (Wildman–Crippen LogP) is 6.64. The van der Waals surface area contributed by atoms with Gasteiger partial charge in [0.15, 0.2) is 0 Å². The summed E-state index contributed by atoms with van der Waals surface area (Å²) in [5.74, 6) is 1.45. The first kappa shape index (κ1) is 17.7. The van der Waals surface area contributed by atoms with Gasteiger partial charge in [0, 0.05) is 11.4 Å². The molecule has 0 bridgehead atoms. The average molecular weight is 357 g/mol. The molecule has 0 saturated carbocycles. The van der Waals surface area contributed by atoms with Crippen molar-refractivity contribution in [3.05, 3.63) is 89.5 Å². The summed E-state index contributed by atoms with van der Waals surface area (Å²) in [6, 6.07) is 26.7. The van der Waals surface area contributed by atoms with Crippen molar-refractivity contribution in [2.75, 3.05) is 12.0 Å². The molecule has 0 aliphatic carbocycles. The van der Waals surface area contributed by atoms with E-state index in [2.05, 4.69) is 79.4 Å². The van der Waals surface area contributed by atoms with Crippen molar-refractivity contribution in [2.24, 2.45) is 0 Å². The van der Waals surface area contributed by atoms with Crippen molar-refractivity contribution in [1.82, 2.24) is 0 Å². The maximum absolute atomic E-state index is 5.35. The van der Waals surface area contributed by atoms with Crippen LogP contribution >= 0.6 is 0 Å². The van der Waals surface area contributed by atoms with Gasteiger partial charge in [-0.25, -0.2) is 0 Å². The molecule has 1 aliphatic rings. The van der Waals surface area contributed by atoms with E-state index in [0.29, 0.717) is 12.0 Å². The lowest BCUT2D eigenvalue weighted by atomic mass is 9.89. The molecule has 0 saturated heterocycles. The summed E-state index contributed by atoms with van der Waals surface area (Å²) in [4.78, 5) is 2.49. The number of anilines is 2. The first-order valence-electron chi connectivity index (χ1n) is 9.78. The van der Waals surface area contributed by atoms with Gasteiger partial charge < -0.3 is 9.64 Å². The van der Waals surface area contributed by atoms with Crippen LogP contribution in [0.2, 0.25) is 0 Å². The van der Waals surface area contributed by atoms with E-state index < -0.39 is 0 Å². The zero-order chi connectivity index (χ0) is 18.8. The largest absolute Gasteiger partial charge is 0.497 e. The lowest BCUT2D eigenvalue weighted by Gasteiger charge is -2.39. The molecule has 1 heterocycles. The highest BCUT2D eigenvalue weighted by molar-refractivity contribution is 5.70. The summed E-state index contributed by atoms with van der Waals surface area (Å²) in [6.07, 6.45) is 2.23. The normalized spacial score (nSPS) is 16.3. The highest BCUT2D eigenvalue weighted by Crippen LogP contribution is 2.44. The molecule has 0 spiro atoms. The van der Waals surface area contributed by atoms with E-state index in [1.165, 1.54) is 28.1 Å². The van der Waals surface area contributed by atoms with Crippen LogP contribution < -0.4 is 9.64 Å². The predicted molar refractivity (Wildman–Crippen MR) is 113 cm³/mol. The Hall–Kier alpha value is -2.74. The smallest absolute Gasteiger partial charge is 0.119 e. The first-order valence-corrected chi connectivity index (χ1v) is 9.78. The molecule has 1 unspecified atom stereocenters. The van der Waals surface area contributed by atoms with Crippen molar-refractivity contribution in [3.8, 4) is 5.75 Å². The molecule has 2 nitrogen and oxygen atoms in total. The average Bonchev–Trinajstić information content (AvgIpc) is 2.73. The van der Waals surface area contributed by atoms with E-state index >= 15 is 0 Å². The van der Waals surface area contributed by atoms with Crippen molar-refractivity contribution in [1.29, 1.82) is 0 Å². The Morgan fingerprint density at radius 2 is 1.59 bits per heavy atom. The number of methoxy groups -OCH3 is 1. The van der Waals surface area contributed by atoms with Crippen LogP contribution in [-0.2, 0) is 6.42 Å². The third kappa shape index (κ3) is 3.44. The number of nitrogens with zero attached hydrogens (tertiary/aromatic N) is 1. The van der Waals surface area contributed by atoms with Gasteiger partial charge in [-0.15, -0.1) is 0 Å². The maximum atomic E-state index is 5.35. The van der Waals surface area contributed by atoms with Gasteiger partial charge in [-0.1, -0.05) is 56.3 Å². The summed E-state index contributed by atoms with van der Waals surface area (Å²) in [5.41, 5.74) is 6.71. The van der Waals surface area contributed by atoms with Crippen LogP contribution in [0.25, 0.3) is 0 Å². The second kappa shape index (κ2) is 7.48. The summed E-state index contributed by atoms with van der Waals surface area (Å²) in [6.45, 7) is 4.49. The molecule has 3 aromatic rings. The number of aryl methyl sites for hydroxylation is 1. The number of benzene rings is 3. The summed E-state index contributed by atoms with van der Waals surface area (Å²) >= 11 is 0. The molecular formula is C25H27NO. The second-order valence-electron chi connectivity index (χ2n) is 7.57. The Kier molecular flexibility index (Phi) is 4.89. The molecule has 138 valence electrons. The van der Waals surface area contributed by atoms with Crippen LogP contribution in [0, 0.1) is 0 Å². The van der Waals surface area contributed by atoms with Crippen LogP contribution in [0.15, 0.2) is 72.8 Å². The Morgan fingerprint density at radius 1 is 0.889 bits per heavy atom. The van der Waals surface area contributed by atoms with E-state index in [9.17, 15) is 0 Å². The minimum Gasteiger partial charge on any atom is -0.497 e. The Morgan fingerprint density at radius 3 is 2.26 bits per heavy atom. The fraction of sp³-hybridized carbons (Fsp3) is 0.280. The Balaban J connectivity index is 1.77. The molecule has 4 rings (SSSR count). The molecular weight excluding hydrogens is 330 g/mol. The minimum atomic E-state index is 0.342. The van der Waals surface area contributed by atoms with Gasteiger partial charge in [0.2, 0.25) is 0 Å². The van der Waals surface area contributed by atoms with Crippen LogP contribution in [0.4, 0.5) is 11.4 Å². The zero-order valence-electron chi connectivity index (χ0n) is 16.4. The van der Waals surface area contributed by atoms with E-state index in [0.717, 1.165) is 18.6 Å². The Bertz CT molecular complexity index is 896. The summed E-state index contributed by atoms with van der Waals surface area (Å²) < 4.78 is 5.35. The monoisotopic (exact) mass is 357 g/mol. The van der Waals surface area contributed by atoms with Gasteiger partial charge in [-0.05, 0) is 65.8 Å². The highest BCUT2D eigenvalue weighted by atomic mass is 16.5. The lowest BCUT2D eigenvalue weighted by Crippen LogP contribution is -2.29. The number of hydrogen-bond donors (Lipinski definition) is 0. The molecule has 3 aromatic carbocycles. The SMILES string of the molecule is COc1ccc(N2c3ccccc3CCC2c2ccc(C(C)C)cc2)cc1. The number of ether oxygens (including phenoxy) is 1. The fourth-order valence-corrected chi connectivity index (χ4v) is 4.03. The van der Waals surface area contributed by atoms with Gasteiger partial charge >= 0.3 is 0 Å². The number of para-hydroxylation sites is 1. The molecule has 2 heteroatoms. The van der Waals surface area contributed by atoms with Gasteiger partial charge in [0.1, 0.15) is 5.75 Å². The van der Waals surface area contributed by atoms with Crippen LogP contribution in [0.5, 0.6) is 5.75 Å². The molecule has 1 aliphatic heterocycles. The van der Waals surface area contributed by atoms with Crippen molar-refractivity contribution in [3.63, 3.8) is 0 Å². The van der Waals surface area contributed by atoms with E-state index in [4.69, 9.17) is 4.74 Å². The Labute approximate surface area is 162 Å². The topological polar surface area (TPSA) is 12.5 Å². The molecule has 1 atom stereocenters. The van der Waals surface area contributed by atoms with Gasteiger partial charge in [-0.3, -0.25) is 0 Å². The first-order chi connectivity index (χ1) is 13.2.